The van der Waals surface area contributed by atoms with Crippen molar-refractivity contribution < 1.29 is 68.3 Å². The van der Waals surface area contributed by atoms with Crippen LogP contribution in [-0.4, -0.2) is 178 Å². The molecule has 2 aromatic carbocycles. The number of ether oxygens (including phenoxy) is 7. The average Bonchev–Trinajstić information content (AvgIpc) is 3.78. The molecule has 17 nitrogen and oxygen atoms in total. The molecule has 4 aliphatic heterocycles. The van der Waals surface area contributed by atoms with Crippen LogP contribution in [0.3, 0.4) is 0 Å². The Hall–Kier alpha value is -3.31. The lowest BCUT2D eigenvalue weighted by molar-refractivity contribution is -0.318. The molecule has 6 N–H and O–H groups in total. The number of methoxy groups -OCH3 is 1. The molecule has 3 fully saturated rings. The molecule has 5 heterocycles. The second kappa shape index (κ2) is 24.6. The Morgan fingerprint density at radius 1 is 0.934 bits per heavy atom. The van der Waals surface area contributed by atoms with Gasteiger partial charge in [0.15, 0.2) is 12.6 Å². The molecule has 0 spiro atoms. The fraction of sp³-hybridized carbons (Fsp3) is 0.684. The lowest BCUT2D eigenvalue weighted by Gasteiger charge is -2.49. The van der Waals surface area contributed by atoms with E-state index in [1.54, 1.807) is 47.6 Å². The molecule has 7 rings (SSSR count). The van der Waals surface area contributed by atoms with E-state index in [-0.39, 0.29) is 37.2 Å². The quantitative estimate of drug-likeness (QED) is 0.0608. The van der Waals surface area contributed by atoms with Crippen LogP contribution >= 0.6 is 22.9 Å². The van der Waals surface area contributed by atoms with Gasteiger partial charge < -0.3 is 73.8 Å². The van der Waals surface area contributed by atoms with Gasteiger partial charge in [-0.1, -0.05) is 50.6 Å². The monoisotopic (exact) mass is 1100 g/mol. The van der Waals surface area contributed by atoms with E-state index in [9.17, 15) is 35.1 Å². The number of aliphatic hydroxyl groups is 5. The number of likely N-dealkylation sites (N-methyl/N-ethyl adjacent to an activating group) is 2. The van der Waals surface area contributed by atoms with Crippen LogP contribution in [0.5, 0.6) is 11.5 Å². The Bertz CT molecular complexity index is 2460. The van der Waals surface area contributed by atoms with Gasteiger partial charge in [0.05, 0.1) is 46.4 Å². The molecule has 0 bridgehead atoms. The van der Waals surface area contributed by atoms with Gasteiger partial charge in [0.2, 0.25) is 0 Å². The van der Waals surface area contributed by atoms with E-state index >= 15 is 0 Å². The highest BCUT2D eigenvalue weighted by Gasteiger charge is 2.53. The fourth-order valence-corrected chi connectivity index (χ4v) is 13.3. The predicted molar refractivity (Wildman–Crippen MR) is 290 cm³/mol. The molecule has 0 radical (unpaired) electrons. The Balaban J connectivity index is 1.11. The summed E-state index contributed by atoms with van der Waals surface area (Å²) in [4.78, 5) is 33.7. The van der Waals surface area contributed by atoms with E-state index < -0.39 is 102 Å². The molecule has 3 saturated heterocycles. The fourth-order valence-electron chi connectivity index (χ4n) is 12.0. The first-order valence-electron chi connectivity index (χ1n) is 27.0. The van der Waals surface area contributed by atoms with Crippen molar-refractivity contribution in [3.8, 4) is 33.1 Å². The van der Waals surface area contributed by atoms with Crippen molar-refractivity contribution in [1.29, 1.82) is 0 Å². The van der Waals surface area contributed by atoms with Crippen LogP contribution in [0.25, 0.3) is 21.6 Å². The molecule has 0 aliphatic carbocycles. The van der Waals surface area contributed by atoms with Crippen LogP contribution in [0.1, 0.15) is 111 Å². The van der Waals surface area contributed by atoms with Crippen LogP contribution in [0.4, 0.5) is 0 Å². The first kappa shape index (κ1) is 60.3. The van der Waals surface area contributed by atoms with Gasteiger partial charge in [0, 0.05) is 71.2 Å². The SMILES string of the molecule is CC[C@H]1OC(=O)[C@H](C)[C@@H](O[C@H]2C[C@@](C)(OC)[C@@H](O)[C@H](C)O2)[C@H](C)[C@@H](O[C@@H]2O[C@H](C)C[C@H](N(C)CCCNC(=O)c3cc4c(s3)-c3cc(Cl)ccc3Oc3ccccc3-4)[C@H]2O)[C@](C)(O)C[C@@H](C)CN(C)[C@H](C)[C@@H](O)[C@]1(C)O. The zero-order chi connectivity index (χ0) is 55.8. The normalized spacial score (nSPS) is 37.8. The third-order valence-electron chi connectivity index (χ3n) is 16.6. The zero-order valence-electron chi connectivity index (χ0n) is 46.5. The summed E-state index contributed by atoms with van der Waals surface area (Å²) in [7, 11) is 5.25. The number of benzene rings is 2. The number of rotatable bonds is 12. The van der Waals surface area contributed by atoms with Crippen molar-refractivity contribution in [2.75, 3.05) is 40.8 Å². The minimum Gasteiger partial charge on any atom is -0.459 e. The Kier molecular flexibility index (Phi) is 19.5. The number of carbonyl (C=O) groups excluding carboxylic acids is 2. The number of para-hydroxylation sites is 1. The van der Waals surface area contributed by atoms with E-state index in [2.05, 4.69) is 5.32 Å². The molecular formula is C57H84ClN3O14S. The van der Waals surface area contributed by atoms with Gasteiger partial charge in [-0.2, -0.15) is 0 Å². The van der Waals surface area contributed by atoms with Crippen LogP contribution in [0, 0.1) is 17.8 Å². The number of cyclic esters (lactones) is 1. The lowest BCUT2D eigenvalue weighted by Crippen LogP contribution is -2.61. The number of nitrogens with zero attached hydrogens (tertiary/aromatic N) is 2. The predicted octanol–water partition coefficient (Wildman–Crippen LogP) is 7.25. The van der Waals surface area contributed by atoms with E-state index in [0.717, 1.165) is 21.6 Å². The van der Waals surface area contributed by atoms with Crippen LogP contribution in [0.2, 0.25) is 5.02 Å². The molecule has 3 aromatic rings. The number of carbonyl (C=O) groups is 2. The number of thiophene rings is 1. The third kappa shape index (κ3) is 13.0. The largest absolute Gasteiger partial charge is 0.459 e. The smallest absolute Gasteiger partial charge is 0.311 e. The molecule has 1 aromatic heterocycles. The van der Waals surface area contributed by atoms with E-state index in [1.807, 2.05) is 87.1 Å². The number of halogens is 1. The van der Waals surface area contributed by atoms with E-state index in [1.165, 1.54) is 25.4 Å². The standard InChI is InChI=1S/C57H84ClN3O14S/c1-14-44-57(10,68)49(63)34(6)61(12)29-30(2)27-55(8,67)51(32(4)47(33(5)53(66)73-44)74-45-28-56(9,69-13)50(64)35(7)71-45)75-54-46(62)40(24-31(3)70-54)60(11)23-17-22-59-52(65)43-26-38-37-18-15-16-19-41(37)72-42-21-20-36(58)25-39(42)48(38)76-43/h15-16,18-21,25-26,30-35,40,44-47,49-51,54,62-64,67-68H,14,17,22-24,27-29H2,1-13H3,(H,59,65)/t30-,31-,32+,33-,34-,35+,40+,44-,45+,46-,47+,49-,50+,51-,54+,55-,56-,57-/m1/s1. The topological polar surface area (TPSA) is 218 Å². The van der Waals surface area contributed by atoms with Gasteiger partial charge in [-0.05, 0) is 131 Å². The molecule has 18 atom stereocenters. The highest BCUT2D eigenvalue weighted by Crippen LogP contribution is 2.51. The van der Waals surface area contributed by atoms with Gasteiger partial charge in [0.25, 0.3) is 5.91 Å². The maximum atomic E-state index is 14.5. The highest BCUT2D eigenvalue weighted by molar-refractivity contribution is 7.18. The van der Waals surface area contributed by atoms with E-state index in [4.69, 9.17) is 44.8 Å². The Labute approximate surface area is 458 Å². The molecule has 19 heteroatoms. The summed E-state index contributed by atoms with van der Waals surface area (Å²) in [5.74, 6) is -1.70. The summed E-state index contributed by atoms with van der Waals surface area (Å²) in [5, 5.41) is 63.5. The number of hydrogen-bond donors (Lipinski definition) is 6. The van der Waals surface area contributed by atoms with E-state index in [0.29, 0.717) is 53.9 Å². The van der Waals surface area contributed by atoms with Crippen molar-refractivity contribution in [1.82, 2.24) is 15.1 Å². The summed E-state index contributed by atoms with van der Waals surface area (Å²) in [6.45, 7) is 18.8. The molecule has 1 amide bonds. The third-order valence-corrected chi connectivity index (χ3v) is 18.0. The van der Waals surface area contributed by atoms with Crippen molar-refractivity contribution in [3.63, 3.8) is 0 Å². The number of aliphatic hydroxyl groups excluding tert-OH is 3. The van der Waals surface area contributed by atoms with Crippen molar-refractivity contribution >= 4 is 34.8 Å². The second-order valence-corrected chi connectivity index (χ2v) is 24.4. The molecule has 0 saturated carbocycles. The van der Waals surface area contributed by atoms with Crippen molar-refractivity contribution in [2.24, 2.45) is 17.8 Å². The number of hydrogen-bond acceptors (Lipinski definition) is 17. The number of fused-ring (bicyclic) bond motifs is 5. The number of nitrogens with one attached hydrogen (secondary N) is 1. The molecule has 0 unspecified atom stereocenters. The first-order valence-corrected chi connectivity index (χ1v) is 28.2. The molecule has 4 aliphatic rings. The van der Waals surface area contributed by atoms with Crippen molar-refractivity contribution in [2.45, 2.75) is 192 Å². The van der Waals surface area contributed by atoms with Crippen molar-refractivity contribution in [3.05, 3.63) is 58.4 Å². The average molecular weight is 1100 g/mol. The first-order chi connectivity index (χ1) is 35.7. The van der Waals surface area contributed by atoms with Gasteiger partial charge in [-0.25, -0.2) is 0 Å². The van der Waals surface area contributed by atoms with Gasteiger partial charge in [-0.15, -0.1) is 11.3 Å². The van der Waals surface area contributed by atoms with Crippen LogP contribution < -0.4 is 10.1 Å². The lowest BCUT2D eigenvalue weighted by atomic mass is 9.77. The summed E-state index contributed by atoms with van der Waals surface area (Å²) >= 11 is 7.83. The maximum Gasteiger partial charge on any atom is 0.311 e. The Morgan fingerprint density at radius 2 is 1.63 bits per heavy atom. The minimum atomic E-state index is -1.85. The molecular weight excluding hydrogens is 1020 g/mol. The second-order valence-electron chi connectivity index (χ2n) is 22.9. The summed E-state index contributed by atoms with van der Waals surface area (Å²) in [6, 6.07) is 14.1. The summed E-state index contributed by atoms with van der Waals surface area (Å²) in [5.41, 5.74) is -1.99. The number of esters is 1. The number of amides is 1. The molecule has 424 valence electrons. The van der Waals surface area contributed by atoms with Gasteiger partial charge in [0.1, 0.15) is 41.5 Å². The molecule has 76 heavy (non-hydrogen) atoms. The van der Waals surface area contributed by atoms with Crippen LogP contribution in [0.15, 0.2) is 48.5 Å². The van der Waals surface area contributed by atoms with Gasteiger partial charge in [-0.3, -0.25) is 9.59 Å². The Morgan fingerprint density at radius 3 is 2.33 bits per heavy atom. The summed E-state index contributed by atoms with van der Waals surface area (Å²) < 4.78 is 44.6. The minimum absolute atomic E-state index is 0.0901. The highest BCUT2D eigenvalue weighted by atomic mass is 35.5. The van der Waals surface area contributed by atoms with Crippen LogP contribution in [-0.2, 0) is 33.2 Å². The zero-order valence-corrected chi connectivity index (χ0v) is 48.1. The maximum absolute atomic E-state index is 14.5. The summed E-state index contributed by atoms with van der Waals surface area (Å²) in [6.07, 6.45) is -8.74. The van der Waals surface area contributed by atoms with Gasteiger partial charge >= 0.3 is 5.97 Å².